The van der Waals surface area contributed by atoms with Gasteiger partial charge in [-0.05, 0) is 18.8 Å². The SMILES string of the molecule is COC(=O)CC(O)C1CCCC1. The van der Waals surface area contributed by atoms with E-state index in [0.29, 0.717) is 5.92 Å². The molecule has 1 aliphatic rings. The molecule has 1 rings (SSSR count). The second-order valence-corrected chi connectivity index (χ2v) is 3.39. The van der Waals surface area contributed by atoms with E-state index in [-0.39, 0.29) is 12.4 Å². The standard InChI is InChI=1S/C9H16O3/c1-12-9(11)6-8(10)7-4-2-3-5-7/h7-8,10H,2-6H2,1H3. The molecule has 3 heteroatoms. The van der Waals surface area contributed by atoms with Crippen molar-refractivity contribution in [1.82, 2.24) is 0 Å². The number of methoxy groups -OCH3 is 1. The van der Waals surface area contributed by atoms with Gasteiger partial charge in [0.25, 0.3) is 0 Å². The van der Waals surface area contributed by atoms with Crippen LogP contribution in [0.15, 0.2) is 0 Å². The first-order valence-corrected chi connectivity index (χ1v) is 4.49. The molecule has 1 aliphatic carbocycles. The van der Waals surface area contributed by atoms with Gasteiger partial charge in [-0.1, -0.05) is 12.8 Å². The van der Waals surface area contributed by atoms with Gasteiger partial charge in [0.2, 0.25) is 0 Å². The summed E-state index contributed by atoms with van der Waals surface area (Å²) in [6.45, 7) is 0. The Kier molecular flexibility index (Phi) is 3.53. The summed E-state index contributed by atoms with van der Waals surface area (Å²) in [6, 6.07) is 0. The number of ether oxygens (including phenoxy) is 1. The van der Waals surface area contributed by atoms with Crippen LogP contribution in [-0.2, 0) is 9.53 Å². The molecule has 12 heavy (non-hydrogen) atoms. The molecule has 0 amide bonds. The molecule has 0 spiro atoms. The average molecular weight is 172 g/mol. The molecule has 1 saturated carbocycles. The Morgan fingerprint density at radius 3 is 2.67 bits per heavy atom. The first-order chi connectivity index (χ1) is 5.74. The first kappa shape index (κ1) is 9.52. The van der Waals surface area contributed by atoms with Crippen molar-refractivity contribution in [2.45, 2.75) is 38.2 Å². The van der Waals surface area contributed by atoms with Gasteiger partial charge >= 0.3 is 5.97 Å². The molecule has 3 nitrogen and oxygen atoms in total. The van der Waals surface area contributed by atoms with E-state index in [4.69, 9.17) is 0 Å². The van der Waals surface area contributed by atoms with Crippen LogP contribution in [0.1, 0.15) is 32.1 Å². The Morgan fingerprint density at radius 1 is 1.58 bits per heavy atom. The molecule has 1 N–H and O–H groups in total. The summed E-state index contributed by atoms with van der Waals surface area (Å²) >= 11 is 0. The summed E-state index contributed by atoms with van der Waals surface area (Å²) in [6.07, 6.45) is 4.14. The van der Waals surface area contributed by atoms with Crippen LogP contribution in [-0.4, -0.2) is 24.3 Å². The van der Waals surface area contributed by atoms with E-state index in [9.17, 15) is 9.90 Å². The minimum Gasteiger partial charge on any atom is -0.469 e. The van der Waals surface area contributed by atoms with Crippen LogP contribution < -0.4 is 0 Å². The van der Waals surface area contributed by atoms with Crippen LogP contribution in [0.2, 0.25) is 0 Å². The van der Waals surface area contributed by atoms with Crippen molar-refractivity contribution in [1.29, 1.82) is 0 Å². The van der Waals surface area contributed by atoms with E-state index in [2.05, 4.69) is 4.74 Å². The van der Waals surface area contributed by atoms with Crippen LogP contribution >= 0.6 is 0 Å². The second-order valence-electron chi connectivity index (χ2n) is 3.39. The Balaban J connectivity index is 2.26. The van der Waals surface area contributed by atoms with Crippen molar-refractivity contribution in [3.8, 4) is 0 Å². The van der Waals surface area contributed by atoms with Crippen molar-refractivity contribution in [2.24, 2.45) is 5.92 Å². The lowest BCUT2D eigenvalue weighted by atomic mass is 9.98. The molecule has 0 radical (unpaired) electrons. The summed E-state index contributed by atoms with van der Waals surface area (Å²) in [5.41, 5.74) is 0. The van der Waals surface area contributed by atoms with Crippen molar-refractivity contribution in [2.75, 3.05) is 7.11 Å². The largest absolute Gasteiger partial charge is 0.469 e. The van der Waals surface area contributed by atoms with Gasteiger partial charge in [0.1, 0.15) is 0 Å². The smallest absolute Gasteiger partial charge is 0.308 e. The van der Waals surface area contributed by atoms with E-state index in [1.807, 2.05) is 0 Å². The molecule has 0 bridgehead atoms. The molecular formula is C9H16O3. The molecule has 0 saturated heterocycles. The van der Waals surface area contributed by atoms with Crippen molar-refractivity contribution < 1.29 is 14.6 Å². The normalized spacial score (nSPS) is 20.8. The fourth-order valence-corrected chi connectivity index (χ4v) is 1.76. The molecule has 1 fully saturated rings. The number of aliphatic hydroxyl groups is 1. The van der Waals surface area contributed by atoms with E-state index in [1.165, 1.54) is 20.0 Å². The average Bonchev–Trinajstić information content (AvgIpc) is 2.56. The number of carbonyl (C=O) groups excluding carboxylic acids is 1. The number of rotatable bonds is 3. The zero-order chi connectivity index (χ0) is 8.97. The molecular weight excluding hydrogens is 156 g/mol. The molecule has 0 aromatic rings. The van der Waals surface area contributed by atoms with Crippen molar-refractivity contribution in [3.63, 3.8) is 0 Å². The minimum absolute atomic E-state index is 0.154. The van der Waals surface area contributed by atoms with Gasteiger partial charge in [0.05, 0.1) is 19.6 Å². The van der Waals surface area contributed by atoms with Gasteiger partial charge in [-0.3, -0.25) is 4.79 Å². The third-order valence-corrected chi connectivity index (χ3v) is 2.55. The topological polar surface area (TPSA) is 46.5 Å². The van der Waals surface area contributed by atoms with Gasteiger partial charge in [0, 0.05) is 0 Å². The number of carbonyl (C=O) groups is 1. The summed E-state index contributed by atoms with van der Waals surface area (Å²) in [7, 11) is 1.35. The first-order valence-electron chi connectivity index (χ1n) is 4.49. The van der Waals surface area contributed by atoms with Gasteiger partial charge in [-0.25, -0.2) is 0 Å². The molecule has 0 heterocycles. The summed E-state index contributed by atoms with van der Waals surface area (Å²) in [4.78, 5) is 10.8. The number of aliphatic hydroxyl groups excluding tert-OH is 1. The zero-order valence-electron chi connectivity index (χ0n) is 7.45. The Hall–Kier alpha value is -0.570. The maximum absolute atomic E-state index is 10.8. The predicted molar refractivity (Wildman–Crippen MR) is 44.6 cm³/mol. The molecule has 70 valence electrons. The van der Waals surface area contributed by atoms with Crippen LogP contribution in [0, 0.1) is 5.92 Å². The third-order valence-electron chi connectivity index (χ3n) is 2.55. The Bertz CT molecular complexity index is 150. The van der Waals surface area contributed by atoms with Gasteiger partial charge in [0.15, 0.2) is 0 Å². The fourth-order valence-electron chi connectivity index (χ4n) is 1.76. The molecule has 0 aromatic heterocycles. The number of hydrogen-bond donors (Lipinski definition) is 1. The van der Waals surface area contributed by atoms with Crippen molar-refractivity contribution in [3.05, 3.63) is 0 Å². The predicted octanol–water partition coefficient (Wildman–Crippen LogP) is 1.10. The molecule has 1 atom stereocenters. The summed E-state index contributed by atoms with van der Waals surface area (Å²) in [5.74, 6) is 0.0125. The van der Waals surface area contributed by atoms with Crippen LogP contribution in [0.4, 0.5) is 0 Å². The van der Waals surface area contributed by atoms with E-state index < -0.39 is 6.10 Å². The van der Waals surface area contributed by atoms with E-state index >= 15 is 0 Å². The van der Waals surface area contributed by atoms with Gasteiger partial charge in [-0.2, -0.15) is 0 Å². The Morgan fingerprint density at radius 2 is 2.17 bits per heavy atom. The van der Waals surface area contributed by atoms with E-state index in [1.54, 1.807) is 0 Å². The fraction of sp³-hybridized carbons (Fsp3) is 0.889. The third kappa shape index (κ3) is 2.48. The van der Waals surface area contributed by atoms with Crippen LogP contribution in [0.25, 0.3) is 0 Å². The van der Waals surface area contributed by atoms with E-state index in [0.717, 1.165) is 12.8 Å². The van der Waals surface area contributed by atoms with Crippen molar-refractivity contribution >= 4 is 5.97 Å². The highest BCUT2D eigenvalue weighted by molar-refractivity contribution is 5.69. The highest BCUT2D eigenvalue weighted by Crippen LogP contribution is 2.28. The van der Waals surface area contributed by atoms with Crippen LogP contribution in [0.3, 0.4) is 0 Å². The minimum atomic E-state index is -0.486. The molecule has 0 aliphatic heterocycles. The molecule has 0 aromatic carbocycles. The maximum atomic E-state index is 10.8. The summed E-state index contributed by atoms with van der Waals surface area (Å²) < 4.78 is 4.48. The molecule has 1 unspecified atom stereocenters. The maximum Gasteiger partial charge on any atom is 0.308 e. The number of esters is 1. The van der Waals surface area contributed by atoms with Crippen LogP contribution in [0.5, 0.6) is 0 Å². The second kappa shape index (κ2) is 4.45. The lowest BCUT2D eigenvalue weighted by Crippen LogP contribution is -2.22. The lowest BCUT2D eigenvalue weighted by molar-refractivity contribution is -0.143. The van der Waals surface area contributed by atoms with Gasteiger partial charge in [-0.15, -0.1) is 0 Å². The highest BCUT2D eigenvalue weighted by Gasteiger charge is 2.25. The number of hydrogen-bond acceptors (Lipinski definition) is 3. The Labute approximate surface area is 72.7 Å². The lowest BCUT2D eigenvalue weighted by Gasteiger charge is -2.15. The van der Waals surface area contributed by atoms with Gasteiger partial charge < -0.3 is 9.84 Å². The highest BCUT2D eigenvalue weighted by atomic mass is 16.5. The zero-order valence-corrected chi connectivity index (χ0v) is 7.45. The monoisotopic (exact) mass is 172 g/mol. The summed E-state index contributed by atoms with van der Waals surface area (Å²) in [5, 5.41) is 9.55. The quantitative estimate of drug-likeness (QED) is 0.648.